The van der Waals surface area contributed by atoms with E-state index < -0.39 is 5.25 Å². The van der Waals surface area contributed by atoms with E-state index in [1.807, 2.05) is 16.9 Å². The van der Waals surface area contributed by atoms with Crippen molar-refractivity contribution < 1.29 is 9.18 Å². The second-order valence-electron chi connectivity index (χ2n) is 5.76. The van der Waals surface area contributed by atoms with Gasteiger partial charge in [0.05, 0.1) is 10.9 Å². The number of carbonyl (C=O) groups is 1. The number of allylic oxidation sites excluding steroid dienone is 1. The fourth-order valence-corrected chi connectivity index (χ4v) is 3.86. The first kappa shape index (κ1) is 19.2. The molecule has 0 aliphatic heterocycles. The molecule has 1 atom stereocenters. The average molecular weight is 404 g/mol. The van der Waals surface area contributed by atoms with Crippen molar-refractivity contribution in [1.29, 1.82) is 0 Å². The van der Waals surface area contributed by atoms with E-state index in [1.54, 1.807) is 25.1 Å². The molecular weight excluding hydrogens is 385 g/mol. The topological polar surface area (TPSA) is 72.7 Å². The van der Waals surface area contributed by atoms with Gasteiger partial charge in [-0.1, -0.05) is 17.8 Å². The van der Waals surface area contributed by atoms with Crippen molar-refractivity contribution in [3.63, 3.8) is 0 Å². The summed E-state index contributed by atoms with van der Waals surface area (Å²) in [6.07, 6.45) is 1.73. The van der Waals surface area contributed by atoms with Gasteiger partial charge >= 0.3 is 0 Å². The maximum atomic E-state index is 13.2. The molecule has 3 rings (SSSR count). The zero-order chi connectivity index (χ0) is 19.4. The minimum Gasteiger partial charge on any atom is -0.301 e. The van der Waals surface area contributed by atoms with Crippen molar-refractivity contribution in [2.45, 2.75) is 30.8 Å². The zero-order valence-corrected chi connectivity index (χ0v) is 16.5. The van der Waals surface area contributed by atoms with E-state index in [-0.39, 0.29) is 11.7 Å². The summed E-state index contributed by atoms with van der Waals surface area (Å²) in [7, 11) is 0. The summed E-state index contributed by atoms with van der Waals surface area (Å²) in [6.45, 7) is 7.91. The van der Waals surface area contributed by atoms with Crippen LogP contribution in [-0.2, 0) is 11.3 Å². The van der Waals surface area contributed by atoms with Gasteiger partial charge in [-0.3, -0.25) is 9.36 Å². The van der Waals surface area contributed by atoms with Gasteiger partial charge in [0.25, 0.3) is 0 Å². The maximum absolute atomic E-state index is 13.2. The van der Waals surface area contributed by atoms with Gasteiger partial charge in [0.2, 0.25) is 5.91 Å². The number of rotatable bonds is 7. The number of hydrogen-bond donors (Lipinski definition) is 1. The summed E-state index contributed by atoms with van der Waals surface area (Å²) in [5, 5.41) is 13.9. The number of nitrogens with zero attached hydrogens (tertiary/aromatic N) is 4. The standard InChI is InChI=1S/C18H18FN5OS2/c1-4-9-24-15(13-5-7-14(19)8-6-13)22-23-18(24)27-12(3)16(25)21-17-20-11(2)10-26-17/h4-8,10,12H,1,9H2,2-3H3,(H,20,21,25). The van der Waals surface area contributed by atoms with Crippen molar-refractivity contribution in [2.75, 3.05) is 5.32 Å². The lowest BCUT2D eigenvalue weighted by molar-refractivity contribution is -0.115. The van der Waals surface area contributed by atoms with Gasteiger partial charge in [0.1, 0.15) is 5.82 Å². The predicted molar refractivity (Wildman–Crippen MR) is 106 cm³/mol. The van der Waals surface area contributed by atoms with Crippen molar-refractivity contribution in [1.82, 2.24) is 19.7 Å². The number of aryl methyl sites for hydroxylation is 1. The van der Waals surface area contributed by atoms with E-state index in [4.69, 9.17) is 0 Å². The van der Waals surface area contributed by atoms with Crippen molar-refractivity contribution in [3.8, 4) is 11.4 Å². The highest BCUT2D eigenvalue weighted by Gasteiger charge is 2.21. The number of aromatic nitrogens is 4. The molecule has 27 heavy (non-hydrogen) atoms. The molecule has 1 aromatic carbocycles. The molecule has 6 nitrogen and oxygen atoms in total. The monoisotopic (exact) mass is 403 g/mol. The lowest BCUT2D eigenvalue weighted by atomic mass is 10.2. The molecule has 3 aromatic rings. The summed E-state index contributed by atoms with van der Waals surface area (Å²) >= 11 is 2.68. The SMILES string of the molecule is C=CCn1c(SC(C)C(=O)Nc2nc(C)cs2)nnc1-c1ccc(F)cc1. The normalized spacial score (nSPS) is 12.0. The number of anilines is 1. The molecule has 1 unspecified atom stereocenters. The van der Waals surface area contributed by atoms with Crippen LogP contribution in [0.5, 0.6) is 0 Å². The van der Waals surface area contributed by atoms with Gasteiger partial charge < -0.3 is 5.32 Å². The van der Waals surface area contributed by atoms with Crippen LogP contribution in [0.1, 0.15) is 12.6 Å². The molecule has 0 bridgehead atoms. The first-order valence-corrected chi connectivity index (χ1v) is 9.93. The quantitative estimate of drug-likeness (QED) is 0.474. The number of nitrogens with one attached hydrogen (secondary N) is 1. The van der Waals surface area contributed by atoms with E-state index in [2.05, 4.69) is 27.1 Å². The third-order valence-corrected chi connectivity index (χ3v) is 5.59. The van der Waals surface area contributed by atoms with Gasteiger partial charge in [-0.05, 0) is 38.1 Å². The second-order valence-corrected chi connectivity index (χ2v) is 7.92. The molecule has 0 spiro atoms. The Morgan fingerprint density at radius 2 is 2.15 bits per heavy atom. The first-order chi connectivity index (χ1) is 13.0. The summed E-state index contributed by atoms with van der Waals surface area (Å²) in [4.78, 5) is 16.7. The van der Waals surface area contributed by atoms with Crippen LogP contribution in [0.25, 0.3) is 11.4 Å². The van der Waals surface area contributed by atoms with Crippen LogP contribution in [-0.4, -0.2) is 30.9 Å². The smallest absolute Gasteiger partial charge is 0.239 e. The van der Waals surface area contributed by atoms with E-state index in [0.717, 1.165) is 11.3 Å². The number of thiazole rings is 1. The van der Waals surface area contributed by atoms with Crippen LogP contribution in [0.2, 0.25) is 0 Å². The van der Waals surface area contributed by atoms with Crippen molar-refractivity contribution in [2.24, 2.45) is 0 Å². The average Bonchev–Trinajstić information content (AvgIpc) is 3.22. The molecule has 0 saturated heterocycles. The van der Waals surface area contributed by atoms with Gasteiger partial charge in [-0.2, -0.15) is 0 Å². The minimum absolute atomic E-state index is 0.161. The molecule has 0 radical (unpaired) electrons. The van der Waals surface area contributed by atoms with Crippen molar-refractivity contribution in [3.05, 3.63) is 53.8 Å². The molecule has 0 saturated carbocycles. The van der Waals surface area contributed by atoms with Crippen LogP contribution in [0, 0.1) is 12.7 Å². The van der Waals surface area contributed by atoms with E-state index in [0.29, 0.717) is 22.7 Å². The Bertz CT molecular complexity index is 951. The lowest BCUT2D eigenvalue weighted by Gasteiger charge is -2.12. The first-order valence-electron chi connectivity index (χ1n) is 8.17. The fourth-order valence-electron chi connectivity index (χ4n) is 2.31. The molecule has 2 aromatic heterocycles. The summed E-state index contributed by atoms with van der Waals surface area (Å²) in [5.74, 6) is 0.122. The van der Waals surface area contributed by atoms with Crippen LogP contribution < -0.4 is 5.32 Å². The molecule has 1 N–H and O–H groups in total. The Hall–Kier alpha value is -2.52. The lowest BCUT2D eigenvalue weighted by Crippen LogP contribution is -2.22. The number of amides is 1. The summed E-state index contributed by atoms with van der Waals surface area (Å²) < 4.78 is 15.0. The van der Waals surface area contributed by atoms with Crippen LogP contribution >= 0.6 is 23.1 Å². The third kappa shape index (κ3) is 4.61. The second kappa shape index (κ2) is 8.45. The molecule has 0 aliphatic rings. The summed E-state index contributed by atoms with van der Waals surface area (Å²) in [6, 6.07) is 6.05. The van der Waals surface area contributed by atoms with E-state index in [9.17, 15) is 9.18 Å². The molecule has 2 heterocycles. The molecule has 140 valence electrons. The van der Waals surface area contributed by atoms with Gasteiger partial charge in [-0.15, -0.1) is 28.1 Å². The van der Waals surface area contributed by atoms with Gasteiger partial charge in [0.15, 0.2) is 16.1 Å². The Morgan fingerprint density at radius 3 is 2.78 bits per heavy atom. The largest absolute Gasteiger partial charge is 0.301 e. The minimum atomic E-state index is -0.400. The Labute approximate surface area is 164 Å². The Balaban J connectivity index is 1.78. The highest BCUT2D eigenvalue weighted by molar-refractivity contribution is 8.00. The Morgan fingerprint density at radius 1 is 1.41 bits per heavy atom. The molecule has 0 aliphatic carbocycles. The third-order valence-electron chi connectivity index (χ3n) is 3.63. The summed E-state index contributed by atoms with van der Waals surface area (Å²) in [5.41, 5.74) is 1.61. The van der Waals surface area contributed by atoms with E-state index >= 15 is 0 Å². The maximum Gasteiger partial charge on any atom is 0.239 e. The van der Waals surface area contributed by atoms with Crippen molar-refractivity contribution >= 4 is 34.1 Å². The predicted octanol–water partition coefficient (Wildman–Crippen LogP) is 4.15. The van der Waals surface area contributed by atoms with Crippen LogP contribution in [0.3, 0.4) is 0 Å². The zero-order valence-electron chi connectivity index (χ0n) is 14.8. The highest BCUT2D eigenvalue weighted by atomic mass is 32.2. The Kier molecular flexibility index (Phi) is 6.02. The molecular formula is C18H18FN5OS2. The number of halogens is 1. The molecule has 0 fully saturated rings. The fraction of sp³-hybridized carbons (Fsp3) is 0.222. The van der Waals surface area contributed by atoms with Gasteiger partial charge in [0, 0.05) is 17.5 Å². The molecule has 9 heteroatoms. The van der Waals surface area contributed by atoms with Gasteiger partial charge in [-0.25, -0.2) is 9.37 Å². The number of thioether (sulfide) groups is 1. The number of carbonyl (C=O) groups excluding carboxylic acids is 1. The van der Waals surface area contributed by atoms with Crippen LogP contribution in [0.15, 0.2) is 47.5 Å². The van der Waals surface area contributed by atoms with E-state index in [1.165, 1.54) is 35.2 Å². The number of benzene rings is 1. The highest BCUT2D eigenvalue weighted by Crippen LogP contribution is 2.28. The number of hydrogen-bond acceptors (Lipinski definition) is 6. The van der Waals surface area contributed by atoms with Crippen LogP contribution in [0.4, 0.5) is 9.52 Å². The molecule has 1 amide bonds.